The predicted octanol–water partition coefficient (Wildman–Crippen LogP) is 3.35. The van der Waals surface area contributed by atoms with Crippen molar-refractivity contribution in [1.29, 1.82) is 0 Å². The second kappa shape index (κ2) is 6.03. The fraction of sp³-hybridized carbons (Fsp3) is 0.714. The highest BCUT2D eigenvalue weighted by molar-refractivity contribution is 5.41. The van der Waals surface area contributed by atoms with E-state index in [-0.39, 0.29) is 0 Å². The SMILES string of the molecule is CCCCOc1cc(NC2CC2)nc(C(C)C)n1. The Hall–Kier alpha value is -1.32. The molecule has 1 aromatic rings. The van der Waals surface area contributed by atoms with Crippen molar-refractivity contribution >= 4 is 5.82 Å². The maximum absolute atomic E-state index is 5.69. The molecule has 100 valence electrons. The van der Waals surface area contributed by atoms with E-state index in [0.717, 1.165) is 31.1 Å². The largest absolute Gasteiger partial charge is 0.478 e. The van der Waals surface area contributed by atoms with Crippen LogP contribution < -0.4 is 10.1 Å². The lowest BCUT2D eigenvalue weighted by Crippen LogP contribution is -2.09. The van der Waals surface area contributed by atoms with E-state index in [2.05, 4.69) is 36.1 Å². The quantitative estimate of drug-likeness (QED) is 0.753. The number of anilines is 1. The van der Waals surface area contributed by atoms with E-state index in [0.29, 0.717) is 17.8 Å². The van der Waals surface area contributed by atoms with E-state index in [9.17, 15) is 0 Å². The average molecular weight is 249 g/mol. The molecule has 1 N–H and O–H groups in total. The number of hydrogen-bond donors (Lipinski definition) is 1. The van der Waals surface area contributed by atoms with Crippen LogP contribution in [0.4, 0.5) is 5.82 Å². The number of aromatic nitrogens is 2. The van der Waals surface area contributed by atoms with Crippen molar-refractivity contribution in [3.8, 4) is 5.88 Å². The molecule has 18 heavy (non-hydrogen) atoms. The summed E-state index contributed by atoms with van der Waals surface area (Å²) in [5, 5.41) is 3.41. The van der Waals surface area contributed by atoms with Gasteiger partial charge >= 0.3 is 0 Å². The third-order valence-corrected chi connectivity index (χ3v) is 2.91. The van der Waals surface area contributed by atoms with E-state index < -0.39 is 0 Å². The molecule has 1 saturated carbocycles. The summed E-state index contributed by atoms with van der Waals surface area (Å²) in [7, 11) is 0. The summed E-state index contributed by atoms with van der Waals surface area (Å²) >= 11 is 0. The van der Waals surface area contributed by atoms with Crippen LogP contribution in [0.25, 0.3) is 0 Å². The first-order valence-corrected chi connectivity index (χ1v) is 6.97. The molecule has 4 heteroatoms. The van der Waals surface area contributed by atoms with Crippen molar-refractivity contribution in [3.05, 3.63) is 11.9 Å². The Kier molecular flexibility index (Phi) is 4.39. The molecule has 0 aromatic carbocycles. The molecule has 0 spiro atoms. The van der Waals surface area contributed by atoms with Crippen LogP contribution in [-0.4, -0.2) is 22.6 Å². The predicted molar refractivity (Wildman–Crippen MR) is 73.2 cm³/mol. The summed E-state index contributed by atoms with van der Waals surface area (Å²) in [5.74, 6) is 2.78. The molecular weight excluding hydrogens is 226 g/mol. The first kappa shape index (κ1) is 13.1. The van der Waals surface area contributed by atoms with Gasteiger partial charge in [0.25, 0.3) is 0 Å². The maximum Gasteiger partial charge on any atom is 0.218 e. The summed E-state index contributed by atoms with van der Waals surface area (Å²) in [6, 6.07) is 2.52. The second-order valence-corrected chi connectivity index (χ2v) is 5.22. The van der Waals surface area contributed by atoms with Crippen molar-refractivity contribution < 1.29 is 4.74 Å². The molecule has 0 atom stereocenters. The number of nitrogens with zero attached hydrogens (tertiary/aromatic N) is 2. The van der Waals surface area contributed by atoms with Crippen LogP contribution >= 0.6 is 0 Å². The number of unbranched alkanes of at least 4 members (excludes halogenated alkanes) is 1. The summed E-state index contributed by atoms with van der Waals surface area (Å²) in [6.07, 6.45) is 4.68. The zero-order valence-corrected chi connectivity index (χ0v) is 11.6. The first-order valence-electron chi connectivity index (χ1n) is 6.97. The van der Waals surface area contributed by atoms with E-state index in [1.54, 1.807) is 0 Å². The standard InChI is InChI=1S/C14H23N3O/c1-4-5-8-18-13-9-12(15-11-6-7-11)16-14(17-13)10(2)3/h9-11H,4-8H2,1-3H3,(H,15,16,17). The van der Waals surface area contributed by atoms with Gasteiger partial charge in [-0.1, -0.05) is 27.2 Å². The minimum Gasteiger partial charge on any atom is -0.478 e. The van der Waals surface area contributed by atoms with Crippen LogP contribution in [0.5, 0.6) is 5.88 Å². The minimum absolute atomic E-state index is 0.319. The fourth-order valence-corrected chi connectivity index (χ4v) is 1.61. The normalized spacial score (nSPS) is 14.9. The Bertz CT molecular complexity index is 389. The van der Waals surface area contributed by atoms with Crippen LogP contribution in [0.3, 0.4) is 0 Å². The Morgan fingerprint density at radius 2 is 2.17 bits per heavy atom. The van der Waals surface area contributed by atoms with Gasteiger partial charge in [-0.3, -0.25) is 0 Å². The molecule has 2 rings (SSSR count). The maximum atomic E-state index is 5.69. The highest BCUT2D eigenvalue weighted by atomic mass is 16.5. The molecule has 0 unspecified atom stereocenters. The highest BCUT2D eigenvalue weighted by Gasteiger charge is 2.22. The molecule has 1 aliphatic rings. The zero-order chi connectivity index (χ0) is 13.0. The summed E-state index contributed by atoms with van der Waals surface area (Å²) < 4.78 is 5.69. The van der Waals surface area contributed by atoms with Crippen LogP contribution in [0.15, 0.2) is 6.07 Å². The van der Waals surface area contributed by atoms with E-state index in [1.165, 1.54) is 12.8 Å². The van der Waals surface area contributed by atoms with Gasteiger partial charge in [-0.05, 0) is 19.3 Å². The average Bonchev–Trinajstić information content (AvgIpc) is 3.13. The van der Waals surface area contributed by atoms with Crippen molar-refractivity contribution in [2.45, 2.75) is 58.4 Å². The Morgan fingerprint density at radius 3 is 2.78 bits per heavy atom. The van der Waals surface area contributed by atoms with Gasteiger partial charge in [0.1, 0.15) is 11.6 Å². The lowest BCUT2D eigenvalue weighted by atomic mass is 10.2. The number of nitrogens with one attached hydrogen (secondary N) is 1. The monoisotopic (exact) mass is 249 g/mol. The molecule has 1 aliphatic carbocycles. The van der Waals surface area contributed by atoms with Gasteiger partial charge in [0.15, 0.2) is 0 Å². The van der Waals surface area contributed by atoms with Gasteiger partial charge in [0, 0.05) is 18.0 Å². The molecule has 1 heterocycles. The Morgan fingerprint density at radius 1 is 1.39 bits per heavy atom. The molecule has 1 fully saturated rings. The molecule has 1 aromatic heterocycles. The third-order valence-electron chi connectivity index (χ3n) is 2.91. The molecule has 0 amide bonds. The van der Waals surface area contributed by atoms with Gasteiger partial charge in [-0.25, -0.2) is 4.98 Å². The van der Waals surface area contributed by atoms with Gasteiger partial charge in [0.2, 0.25) is 5.88 Å². The van der Waals surface area contributed by atoms with E-state index >= 15 is 0 Å². The lowest BCUT2D eigenvalue weighted by Gasteiger charge is -2.11. The number of ether oxygens (including phenoxy) is 1. The summed E-state index contributed by atoms with van der Waals surface area (Å²) in [6.45, 7) is 7.09. The molecule has 0 radical (unpaired) electrons. The lowest BCUT2D eigenvalue weighted by molar-refractivity contribution is 0.296. The minimum atomic E-state index is 0.319. The van der Waals surface area contributed by atoms with Crippen molar-refractivity contribution in [2.75, 3.05) is 11.9 Å². The van der Waals surface area contributed by atoms with Crippen molar-refractivity contribution in [2.24, 2.45) is 0 Å². The Labute approximate surface area is 109 Å². The summed E-state index contributed by atoms with van der Waals surface area (Å²) in [5.41, 5.74) is 0. The van der Waals surface area contributed by atoms with Crippen molar-refractivity contribution in [1.82, 2.24) is 9.97 Å². The second-order valence-electron chi connectivity index (χ2n) is 5.22. The molecular formula is C14H23N3O. The first-order chi connectivity index (χ1) is 8.69. The van der Waals surface area contributed by atoms with E-state index in [4.69, 9.17) is 4.74 Å². The zero-order valence-electron chi connectivity index (χ0n) is 11.6. The van der Waals surface area contributed by atoms with Crippen LogP contribution in [0, 0.1) is 0 Å². The van der Waals surface area contributed by atoms with E-state index in [1.807, 2.05) is 6.07 Å². The highest BCUT2D eigenvalue weighted by Crippen LogP contribution is 2.26. The number of rotatable bonds is 7. The topological polar surface area (TPSA) is 47.0 Å². The summed E-state index contributed by atoms with van der Waals surface area (Å²) in [4.78, 5) is 9.00. The molecule has 0 saturated heterocycles. The Balaban J connectivity index is 2.07. The van der Waals surface area contributed by atoms with Gasteiger partial charge in [-0.2, -0.15) is 4.98 Å². The number of hydrogen-bond acceptors (Lipinski definition) is 4. The van der Waals surface area contributed by atoms with Crippen LogP contribution in [0.1, 0.15) is 58.2 Å². The van der Waals surface area contributed by atoms with Crippen molar-refractivity contribution in [3.63, 3.8) is 0 Å². The van der Waals surface area contributed by atoms with Gasteiger partial charge < -0.3 is 10.1 Å². The van der Waals surface area contributed by atoms with Gasteiger partial charge in [0.05, 0.1) is 6.61 Å². The molecule has 0 aliphatic heterocycles. The smallest absolute Gasteiger partial charge is 0.218 e. The molecule has 0 bridgehead atoms. The van der Waals surface area contributed by atoms with Gasteiger partial charge in [-0.15, -0.1) is 0 Å². The van der Waals surface area contributed by atoms with Crippen LogP contribution in [0.2, 0.25) is 0 Å². The van der Waals surface area contributed by atoms with Crippen LogP contribution in [-0.2, 0) is 0 Å². The fourth-order valence-electron chi connectivity index (χ4n) is 1.61. The molecule has 4 nitrogen and oxygen atoms in total. The third kappa shape index (κ3) is 3.86.